The van der Waals surface area contributed by atoms with Crippen LogP contribution in [0, 0.1) is 11.6 Å². The van der Waals surface area contributed by atoms with Gasteiger partial charge in [-0.25, -0.2) is 0 Å². The molecule has 0 aromatic heterocycles. The standard InChI is InChI=1S/C6H3F2.2ClH.Li.Mg/c7-5-1-2-6(8)4-3-5;;;;/h1-3H;2*1H;;/q;;;2*+1/p-2. The van der Waals surface area contributed by atoms with Gasteiger partial charge in [-0.05, 0) is 0 Å². The van der Waals surface area contributed by atoms with E-state index in [1.165, 1.54) is 27.8 Å². The van der Waals surface area contributed by atoms with Crippen LogP contribution in [0.15, 0.2) is 18.2 Å². The zero-order valence-electron chi connectivity index (χ0n) is 6.45. The topological polar surface area (TPSA) is 0 Å². The van der Waals surface area contributed by atoms with Gasteiger partial charge >= 0.3 is 82.9 Å². The van der Waals surface area contributed by atoms with E-state index in [2.05, 4.69) is 0 Å². The Labute approximate surface area is 107 Å². The van der Waals surface area contributed by atoms with Crippen LogP contribution in [0.3, 0.4) is 0 Å². The van der Waals surface area contributed by atoms with E-state index in [1.807, 2.05) is 0 Å². The molecule has 1 aromatic carbocycles. The van der Waals surface area contributed by atoms with Gasteiger partial charge in [0.15, 0.2) is 0 Å². The van der Waals surface area contributed by atoms with Gasteiger partial charge < -0.3 is 24.8 Å². The molecule has 0 radical (unpaired) electrons. The quantitative estimate of drug-likeness (QED) is 0.377. The molecule has 0 aliphatic carbocycles. The summed E-state index contributed by atoms with van der Waals surface area (Å²) >= 11 is 1.33. The predicted molar refractivity (Wildman–Crippen MR) is 31.7 cm³/mol. The van der Waals surface area contributed by atoms with E-state index < -0.39 is 0 Å². The smallest absolute Gasteiger partial charge is 1.00 e. The molecule has 1 aromatic rings. The molecule has 0 bridgehead atoms. The van der Waals surface area contributed by atoms with Crippen molar-refractivity contribution in [2.45, 2.75) is 0 Å². The van der Waals surface area contributed by atoms with Gasteiger partial charge in [0.25, 0.3) is 0 Å². The Morgan fingerprint density at radius 2 is 1.58 bits per heavy atom. The summed E-state index contributed by atoms with van der Waals surface area (Å²) in [6, 6.07) is 3.40. The predicted octanol–water partition coefficient (Wildman–Crippen LogP) is -8.23. The SMILES string of the molecule is Fc1ccc(F)[c]([Mg+])c1.[Cl-].[Cl-].[Li+]. The van der Waals surface area contributed by atoms with Gasteiger partial charge in [-0.1, -0.05) is 0 Å². The minimum Gasteiger partial charge on any atom is -1.00 e. The number of halogens is 4. The van der Waals surface area contributed by atoms with Crippen molar-refractivity contribution < 1.29 is 52.5 Å². The molecular weight excluding hydrogens is 212 g/mol. The fraction of sp³-hybridized carbons (Fsp3) is 0. The molecule has 0 saturated carbocycles. The summed E-state index contributed by atoms with van der Waals surface area (Å²) in [5.41, 5.74) is 0. The summed E-state index contributed by atoms with van der Waals surface area (Å²) in [4.78, 5) is 0. The third kappa shape index (κ3) is 5.63. The largest absolute Gasteiger partial charge is 1.00 e. The molecule has 0 unspecified atom stereocenters. The van der Waals surface area contributed by atoms with Crippen LogP contribution in [0.4, 0.5) is 8.78 Å². The van der Waals surface area contributed by atoms with Gasteiger partial charge in [0.1, 0.15) is 0 Å². The second kappa shape index (κ2) is 8.61. The summed E-state index contributed by atoms with van der Waals surface area (Å²) < 4.78 is 24.9. The van der Waals surface area contributed by atoms with Crippen molar-refractivity contribution in [1.82, 2.24) is 0 Å². The minimum atomic E-state index is -0.388. The molecule has 0 spiro atoms. The second-order valence-electron chi connectivity index (χ2n) is 1.74. The van der Waals surface area contributed by atoms with Gasteiger partial charge in [0.05, 0.1) is 0 Å². The molecule has 1 rings (SSSR count). The zero-order chi connectivity index (χ0) is 6.85. The first-order valence-electron chi connectivity index (χ1n) is 2.47. The molecule has 0 aliphatic heterocycles. The van der Waals surface area contributed by atoms with E-state index in [9.17, 15) is 8.78 Å². The first-order valence-corrected chi connectivity index (χ1v) is 3.18. The van der Waals surface area contributed by atoms with Crippen LogP contribution in [0.1, 0.15) is 0 Å². The van der Waals surface area contributed by atoms with Crippen molar-refractivity contribution in [2.24, 2.45) is 0 Å². The molecule has 0 N–H and O–H groups in total. The molecule has 0 heterocycles. The Balaban J connectivity index is -0.000000270. The average Bonchev–Trinajstić information content (AvgIpc) is 1.80. The molecule has 0 atom stereocenters. The Morgan fingerprint density at radius 1 is 1.08 bits per heavy atom. The van der Waals surface area contributed by atoms with E-state index in [0.717, 1.165) is 12.1 Å². The molecular formula is C6H3Cl2F2LiMg. The van der Waals surface area contributed by atoms with Crippen molar-refractivity contribution in [1.29, 1.82) is 0 Å². The first-order chi connectivity index (χ1) is 4.20. The van der Waals surface area contributed by atoms with E-state index in [-0.39, 0.29) is 55.3 Å². The maximum atomic E-state index is 12.3. The maximum absolute atomic E-state index is 12.3. The van der Waals surface area contributed by atoms with Crippen LogP contribution in [0.2, 0.25) is 0 Å². The van der Waals surface area contributed by atoms with Crippen molar-refractivity contribution in [2.75, 3.05) is 0 Å². The molecule has 0 saturated heterocycles. The van der Waals surface area contributed by atoms with Crippen LogP contribution in [-0.2, 0) is 0 Å². The molecule has 6 heteroatoms. The third-order valence-corrected chi connectivity index (χ3v) is 1.55. The van der Waals surface area contributed by atoms with Gasteiger partial charge in [-0.2, -0.15) is 0 Å². The van der Waals surface area contributed by atoms with Crippen molar-refractivity contribution in [3.05, 3.63) is 29.8 Å². The van der Waals surface area contributed by atoms with Crippen molar-refractivity contribution in [3.8, 4) is 0 Å². The number of hydrogen-bond donors (Lipinski definition) is 0. The monoisotopic (exact) mass is 214 g/mol. The van der Waals surface area contributed by atoms with Gasteiger partial charge in [0, 0.05) is 0 Å². The van der Waals surface area contributed by atoms with Crippen LogP contribution in [0.25, 0.3) is 0 Å². The summed E-state index contributed by atoms with van der Waals surface area (Å²) in [5, 5.41) is 0. The summed E-state index contributed by atoms with van der Waals surface area (Å²) in [5.74, 6) is -0.740. The normalized spacial score (nSPS) is 7.33. The number of rotatable bonds is 0. The van der Waals surface area contributed by atoms with E-state index >= 15 is 0 Å². The second-order valence-corrected chi connectivity index (χ2v) is 2.50. The molecule has 58 valence electrons. The fourth-order valence-electron chi connectivity index (χ4n) is 0.543. The summed E-state index contributed by atoms with van der Waals surface area (Å²) in [6.07, 6.45) is 0. The van der Waals surface area contributed by atoms with Crippen LogP contribution in [0.5, 0.6) is 0 Å². The van der Waals surface area contributed by atoms with Crippen molar-refractivity contribution >= 4 is 25.4 Å². The molecule has 0 amide bonds. The maximum Gasteiger partial charge on any atom is 1.00 e. The Kier molecular flexibility index (Phi) is 13.5. The Hall–Kier alpha value is 1.02. The van der Waals surface area contributed by atoms with Crippen LogP contribution >= 0.6 is 0 Å². The molecule has 0 nitrogen and oxygen atoms in total. The van der Waals surface area contributed by atoms with E-state index in [0.29, 0.717) is 3.69 Å². The van der Waals surface area contributed by atoms with Crippen molar-refractivity contribution in [3.63, 3.8) is 0 Å². The number of benzene rings is 1. The molecule has 0 fully saturated rings. The van der Waals surface area contributed by atoms with Gasteiger partial charge in [-0.3, -0.25) is 0 Å². The van der Waals surface area contributed by atoms with Crippen LogP contribution in [-0.4, -0.2) is 21.7 Å². The zero-order valence-corrected chi connectivity index (χ0v) is 9.38. The van der Waals surface area contributed by atoms with Gasteiger partial charge in [-0.15, -0.1) is 0 Å². The summed E-state index contributed by atoms with van der Waals surface area (Å²) in [7, 11) is 0. The number of hydrogen-bond acceptors (Lipinski definition) is 0. The van der Waals surface area contributed by atoms with Crippen LogP contribution < -0.4 is 47.4 Å². The Bertz CT molecular complexity index is 235. The van der Waals surface area contributed by atoms with E-state index in [4.69, 9.17) is 0 Å². The average molecular weight is 215 g/mol. The van der Waals surface area contributed by atoms with Gasteiger partial charge in [0.2, 0.25) is 0 Å². The Morgan fingerprint density at radius 3 is 1.92 bits per heavy atom. The molecule has 0 aliphatic rings. The van der Waals surface area contributed by atoms with E-state index in [1.54, 1.807) is 0 Å². The molecule has 12 heavy (non-hydrogen) atoms. The first kappa shape index (κ1) is 18.7. The minimum absolute atomic E-state index is 0. The fourth-order valence-corrected chi connectivity index (χ4v) is 0.856. The summed E-state index contributed by atoms with van der Waals surface area (Å²) in [6.45, 7) is 0. The third-order valence-electron chi connectivity index (χ3n) is 1.01.